The molecule has 1 aliphatic rings. The minimum absolute atomic E-state index is 0.0845. The van der Waals surface area contributed by atoms with Crippen LogP contribution in [0.5, 0.6) is 0 Å². The van der Waals surface area contributed by atoms with Crippen LogP contribution in [0.25, 0.3) is 0 Å². The first-order valence-corrected chi connectivity index (χ1v) is 4.38. The Kier molecular flexibility index (Phi) is 2.01. The average Bonchev–Trinajstić information content (AvgIpc) is 1.49. The number of hydrogen-bond donors (Lipinski definition) is 2. The van der Waals surface area contributed by atoms with Crippen LogP contribution in [0.1, 0.15) is 41.0 Å². The third kappa shape index (κ3) is 2.46. The van der Waals surface area contributed by atoms with Gasteiger partial charge in [0.25, 0.3) is 0 Å². The van der Waals surface area contributed by atoms with E-state index in [1.807, 2.05) is 0 Å². The summed E-state index contributed by atoms with van der Waals surface area (Å²) in [4.78, 5) is 0. The van der Waals surface area contributed by atoms with Crippen LogP contribution in [-0.2, 0) is 0 Å². The Morgan fingerprint density at radius 1 is 1.18 bits per heavy atom. The van der Waals surface area contributed by atoms with Gasteiger partial charge in [-0.2, -0.15) is 0 Å². The lowest BCUT2D eigenvalue weighted by atomic mass is 9.90. The summed E-state index contributed by atoms with van der Waals surface area (Å²) in [5.74, 6) is 0. The standard InChI is InChI=1S/C9H20N2/c1-7-6-8(2,3)11-9(4,5)10-7/h7,10-11H,6H2,1-5H3/t7-/m1/s1. The summed E-state index contributed by atoms with van der Waals surface area (Å²) >= 11 is 0. The van der Waals surface area contributed by atoms with Gasteiger partial charge >= 0.3 is 0 Å². The molecule has 0 radical (unpaired) electrons. The second kappa shape index (κ2) is 2.46. The lowest BCUT2D eigenvalue weighted by Gasteiger charge is -2.46. The van der Waals surface area contributed by atoms with Crippen LogP contribution in [0.15, 0.2) is 0 Å². The van der Waals surface area contributed by atoms with E-state index in [4.69, 9.17) is 0 Å². The van der Waals surface area contributed by atoms with Crippen molar-refractivity contribution in [1.29, 1.82) is 0 Å². The Bertz CT molecular complexity index is 134. The van der Waals surface area contributed by atoms with Gasteiger partial charge in [-0.15, -0.1) is 0 Å². The van der Waals surface area contributed by atoms with Crippen LogP contribution < -0.4 is 10.6 Å². The molecule has 0 saturated carbocycles. The van der Waals surface area contributed by atoms with Gasteiger partial charge in [0, 0.05) is 11.6 Å². The number of nitrogens with one attached hydrogen (secondary N) is 2. The van der Waals surface area contributed by atoms with E-state index in [-0.39, 0.29) is 11.2 Å². The first-order chi connectivity index (χ1) is 4.81. The molecule has 1 rings (SSSR count). The van der Waals surface area contributed by atoms with Crippen molar-refractivity contribution in [2.24, 2.45) is 0 Å². The maximum absolute atomic E-state index is 3.55. The third-order valence-electron chi connectivity index (χ3n) is 2.07. The monoisotopic (exact) mass is 156 g/mol. The Morgan fingerprint density at radius 2 is 1.73 bits per heavy atom. The molecule has 1 heterocycles. The van der Waals surface area contributed by atoms with Crippen molar-refractivity contribution in [3.8, 4) is 0 Å². The lowest BCUT2D eigenvalue weighted by Crippen LogP contribution is -2.67. The second-order valence-corrected chi connectivity index (χ2v) is 4.88. The Morgan fingerprint density at radius 3 is 2.09 bits per heavy atom. The van der Waals surface area contributed by atoms with E-state index in [1.54, 1.807) is 0 Å². The zero-order valence-electron chi connectivity index (χ0n) is 8.28. The summed E-state index contributed by atoms with van der Waals surface area (Å²) in [6.07, 6.45) is 1.19. The molecule has 0 aliphatic carbocycles. The van der Waals surface area contributed by atoms with Crippen molar-refractivity contribution in [2.45, 2.75) is 58.3 Å². The van der Waals surface area contributed by atoms with Crippen LogP contribution in [0.4, 0.5) is 0 Å². The maximum Gasteiger partial charge on any atom is 0.0635 e. The molecule has 0 aromatic rings. The van der Waals surface area contributed by atoms with E-state index in [9.17, 15) is 0 Å². The highest BCUT2D eigenvalue weighted by Crippen LogP contribution is 2.21. The third-order valence-corrected chi connectivity index (χ3v) is 2.07. The Hall–Kier alpha value is -0.0800. The van der Waals surface area contributed by atoms with Crippen molar-refractivity contribution >= 4 is 0 Å². The molecule has 66 valence electrons. The van der Waals surface area contributed by atoms with Crippen molar-refractivity contribution in [2.75, 3.05) is 0 Å². The molecule has 2 nitrogen and oxygen atoms in total. The molecule has 0 spiro atoms. The number of hydrogen-bond acceptors (Lipinski definition) is 2. The summed E-state index contributed by atoms with van der Waals surface area (Å²) < 4.78 is 0. The molecule has 1 fully saturated rings. The van der Waals surface area contributed by atoms with E-state index >= 15 is 0 Å². The highest BCUT2D eigenvalue weighted by molar-refractivity contribution is 4.95. The average molecular weight is 156 g/mol. The highest BCUT2D eigenvalue weighted by Gasteiger charge is 2.34. The summed E-state index contributed by atoms with van der Waals surface area (Å²) in [6.45, 7) is 11.1. The molecular formula is C9H20N2. The van der Waals surface area contributed by atoms with Crippen LogP contribution in [0.2, 0.25) is 0 Å². The van der Waals surface area contributed by atoms with Gasteiger partial charge in [0.1, 0.15) is 0 Å². The SMILES string of the molecule is C[C@@H]1CC(C)(C)NC(C)(C)N1. The second-order valence-electron chi connectivity index (χ2n) is 4.88. The van der Waals surface area contributed by atoms with E-state index in [1.165, 1.54) is 6.42 Å². The molecular weight excluding hydrogens is 136 g/mol. The van der Waals surface area contributed by atoms with Gasteiger partial charge in [0.15, 0.2) is 0 Å². The van der Waals surface area contributed by atoms with Gasteiger partial charge in [-0.3, -0.25) is 10.6 Å². The van der Waals surface area contributed by atoms with Crippen molar-refractivity contribution in [1.82, 2.24) is 10.6 Å². The topological polar surface area (TPSA) is 24.1 Å². The van der Waals surface area contributed by atoms with Gasteiger partial charge in [0.05, 0.1) is 5.66 Å². The minimum Gasteiger partial charge on any atom is -0.297 e. The smallest absolute Gasteiger partial charge is 0.0635 e. The fraction of sp³-hybridized carbons (Fsp3) is 1.00. The Balaban J connectivity index is 2.66. The summed E-state index contributed by atoms with van der Waals surface area (Å²) in [7, 11) is 0. The first-order valence-electron chi connectivity index (χ1n) is 4.38. The van der Waals surface area contributed by atoms with Gasteiger partial charge < -0.3 is 0 Å². The fourth-order valence-electron chi connectivity index (χ4n) is 2.37. The summed E-state index contributed by atoms with van der Waals surface area (Å²) in [5.41, 5.74) is 0.356. The van der Waals surface area contributed by atoms with Crippen molar-refractivity contribution < 1.29 is 0 Å². The van der Waals surface area contributed by atoms with E-state index in [2.05, 4.69) is 45.3 Å². The van der Waals surface area contributed by atoms with Crippen LogP contribution in [0, 0.1) is 0 Å². The maximum atomic E-state index is 3.55. The molecule has 0 amide bonds. The van der Waals surface area contributed by atoms with Gasteiger partial charge in [-0.05, 0) is 41.0 Å². The van der Waals surface area contributed by atoms with Crippen LogP contribution >= 0.6 is 0 Å². The van der Waals surface area contributed by atoms with E-state index in [0.717, 1.165) is 0 Å². The molecule has 2 heteroatoms. The van der Waals surface area contributed by atoms with Crippen LogP contribution in [-0.4, -0.2) is 17.2 Å². The molecule has 0 bridgehead atoms. The van der Waals surface area contributed by atoms with Crippen LogP contribution in [0.3, 0.4) is 0 Å². The molecule has 1 saturated heterocycles. The van der Waals surface area contributed by atoms with Gasteiger partial charge in [-0.1, -0.05) is 0 Å². The largest absolute Gasteiger partial charge is 0.297 e. The Labute approximate surface area is 69.8 Å². The molecule has 1 atom stereocenters. The molecule has 1 aliphatic heterocycles. The van der Waals surface area contributed by atoms with Crippen molar-refractivity contribution in [3.05, 3.63) is 0 Å². The number of rotatable bonds is 0. The first kappa shape index (κ1) is 9.01. The molecule has 0 aromatic heterocycles. The van der Waals surface area contributed by atoms with Crippen molar-refractivity contribution in [3.63, 3.8) is 0 Å². The molecule has 0 aromatic carbocycles. The van der Waals surface area contributed by atoms with Gasteiger partial charge in [-0.25, -0.2) is 0 Å². The summed E-state index contributed by atoms with van der Waals surface area (Å²) in [5, 5.41) is 7.05. The molecule has 11 heavy (non-hydrogen) atoms. The normalized spacial score (nSPS) is 35.2. The van der Waals surface area contributed by atoms with E-state index in [0.29, 0.717) is 6.04 Å². The van der Waals surface area contributed by atoms with E-state index < -0.39 is 0 Å². The summed E-state index contributed by atoms with van der Waals surface area (Å²) in [6, 6.07) is 0.612. The molecule has 2 N–H and O–H groups in total. The zero-order chi connectivity index (χ0) is 8.70. The molecule has 0 unspecified atom stereocenters. The lowest BCUT2D eigenvalue weighted by molar-refractivity contribution is 0.130. The zero-order valence-corrected chi connectivity index (χ0v) is 8.28. The fourth-order valence-corrected chi connectivity index (χ4v) is 2.37. The predicted octanol–water partition coefficient (Wildman–Crippen LogP) is 1.47. The quantitative estimate of drug-likeness (QED) is 0.555. The minimum atomic E-state index is 0.0845. The highest BCUT2D eigenvalue weighted by atomic mass is 15.2. The van der Waals surface area contributed by atoms with Gasteiger partial charge in [0.2, 0.25) is 0 Å². The predicted molar refractivity (Wildman–Crippen MR) is 48.5 cm³/mol.